The van der Waals surface area contributed by atoms with E-state index < -0.39 is 32.0 Å². The van der Waals surface area contributed by atoms with E-state index in [-0.39, 0.29) is 58.1 Å². The number of benzene rings is 3. The first kappa shape index (κ1) is 45.8. The van der Waals surface area contributed by atoms with Crippen LogP contribution < -0.4 is 34.5 Å². The molecule has 0 saturated heterocycles. The Kier molecular flexibility index (Phi) is 14.7. The van der Waals surface area contributed by atoms with Crippen LogP contribution in [-0.2, 0) is 31.1 Å². The Labute approximate surface area is 369 Å². The Balaban J connectivity index is 0.00000641. The molecular weight excluding hydrogens is 804 g/mol. The molecule has 0 spiro atoms. The van der Waals surface area contributed by atoms with Gasteiger partial charge in [-0.05, 0) is 99.1 Å². The quantitative estimate of drug-likeness (QED) is 0.0787. The second-order valence-electron chi connectivity index (χ2n) is 15.8. The Morgan fingerprint density at radius 3 is 2.16 bits per heavy atom. The molecule has 14 heteroatoms. The fourth-order valence-corrected chi connectivity index (χ4v) is 10.4. The van der Waals surface area contributed by atoms with Crippen LogP contribution in [-0.4, -0.2) is 71.9 Å². The molecule has 0 amide bonds. The van der Waals surface area contributed by atoms with Gasteiger partial charge in [-0.1, -0.05) is 74.2 Å². The van der Waals surface area contributed by atoms with Crippen LogP contribution in [0.25, 0.3) is 0 Å². The fraction of sp³-hybridized carbons (Fsp3) is 0.364. The molecule has 3 aromatic rings. The second-order valence-corrected chi connectivity index (χ2v) is 20.0. The van der Waals surface area contributed by atoms with Crippen LogP contribution in [0.5, 0.6) is 0 Å². The van der Waals surface area contributed by atoms with Crippen molar-refractivity contribution in [1.82, 2.24) is 0 Å². The van der Waals surface area contributed by atoms with Gasteiger partial charge in [0.25, 0.3) is 10.1 Å². The molecule has 2 aliphatic heterocycles. The molecule has 0 radical (unpaired) electrons. The van der Waals surface area contributed by atoms with E-state index in [4.69, 9.17) is 0 Å². The van der Waals surface area contributed by atoms with E-state index in [9.17, 15) is 35.8 Å². The molecule has 0 unspecified atom stereocenters. The molecule has 0 atom stereocenters. The summed E-state index contributed by atoms with van der Waals surface area (Å²) in [7, 11) is -8.34. The van der Waals surface area contributed by atoms with E-state index in [1.165, 1.54) is 11.1 Å². The van der Waals surface area contributed by atoms with Crippen molar-refractivity contribution >= 4 is 55.1 Å². The maximum absolute atomic E-state index is 11.6. The van der Waals surface area contributed by atoms with E-state index in [1.807, 2.05) is 36.4 Å². The second kappa shape index (κ2) is 18.6. The van der Waals surface area contributed by atoms with Crippen LogP contribution in [0.2, 0.25) is 0 Å². The van der Waals surface area contributed by atoms with Gasteiger partial charge in [-0.25, -0.2) is 13.2 Å². The first-order valence-electron chi connectivity index (χ1n) is 19.2. The number of para-hydroxylation sites is 2. The minimum absolute atomic E-state index is 0. The zero-order chi connectivity index (χ0) is 41.2. The number of carbonyl (C=O) groups is 1. The van der Waals surface area contributed by atoms with Crippen LogP contribution in [0.1, 0.15) is 87.7 Å². The molecule has 2 N–H and O–H groups in total. The van der Waals surface area contributed by atoms with Crippen LogP contribution >= 0.6 is 11.8 Å². The third-order valence-corrected chi connectivity index (χ3v) is 13.9. The summed E-state index contributed by atoms with van der Waals surface area (Å²) in [5.41, 5.74) is 8.48. The minimum atomic E-state index is -4.29. The van der Waals surface area contributed by atoms with Gasteiger partial charge >= 0.3 is 35.5 Å². The number of aromatic carboxylic acids is 1. The van der Waals surface area contributed by atoms with Crippen LogP contribution in [0.4, 0.5) is 11.4 Å². The average molecular weight is 854 g/mol. The molecule has 302 valence electrons. The molecule has 6 rings (SSSR count). The minimum Gasteiger partial charge on any atom is -0.748 e. The van der Waals surface area contributed by atoms with Crippen molar-refractivity contribution in [3.63, 3.8) is 0 Å². The number of allylic oxidation sites excluding steroid dienone is 7. The van der Waals surface area contributed by atoms with Gasteiger partial charge in [0, 0.05) is 63.0 Å². The van der Waals surface area contributed by atoms with Crippen LogP contribution in [0.3, 0.4) is 0 Å². The van der Waals surface area contributed by atoms with Gasteiger partial charge in [0.1, 0.15) is 6.54 Å². The van der Waals surface area contributed by atoms with Gasteiger partial charge in [-0.3, -0.25) is 4.55 Å². The summed E-state index contributed by atoms with van der Waals surface area (Å²) in [5.74, 6) is -1.66. The molecule has 2 heterocycles. The number of unbranched alkanes of at least 4 members (excludes halogenated alkanes) is 2. The van der Waals surface area contributed by atoms with Gasteiger partial charge in [0.2, 0.25) is 5.69 Å². The molecule has 10 nitrogen and oxygen atoms in total. The van der Waals surface area contributed by atoms with Crippen molar-refractivity contribution in [2.45, 2.75) is 81.9 Å². The number of fused-ring (bicyclic) bond motifs is 2. The molecule has 3 aliphatic rings. The average Bonchev–Trinajstić information content (AvgIpc) is 3.70. The number of hydrogen-bond acceptors (Lipinski definition) is 8. The van der Waals surface area contributed by atoms with Crippen molar-refractivity contribution in [3.05, 3.63) is 136 Å². The van der Waals surface area contributed by atoms with Gasteiger partial charge in [0.15, 0.2) is 5.71 Å². The molecule has 1 aliphatic carbocycles. The molecule has 58 heavy (non-hydrogen) atoms. The fourth-order valence-electron chi connectivity index (χ4n) is 8.16. The summed E-state index contributed by atoms with van der Waals surface area (Å²) in [6, 6.07) is 23.4. The molecule has 0 saturated carbocycles. The number of rotatable bonds is 16. The third-order valence-electron chi connectivity index (χ3n) is 11.1. The number of carboxylic acid groups (broad SMARTS) is 1. The Morgan fingerprint density at radius 2 is 1.48 bits per heavy atom. The van der Waals surface area contributed by atoms with Crippen molar-refractivity contribution < 1.29 is 70.0 Å². The van der Waals surface area contributed by atoms with Gasteiger partial charge in [-0.2, -0.15) is 13.0 Å². The molecule has 0 aromatic heterocycles. The summed E-state index contributed by atoms with van der Waals surface area (Å²) in [5, 5.41) is 9.53. The SMILES string of the molecule is CC1(C)C(=CC=C2CCC(C=CC3=[N+](CCCCS(=O)(=O)O)c4ccccc4C3(C)C)=C2Sc2ccc(C(=O)O)cc2)N(CCCCS(=O)(=O)[O-])c2ccccc21.[Na+]. The summed E-state index contributed by atoms with van der Waals surface area (Å²) in [6.07, 6.45) is 12.0. The van der Waals surface area contributed by atoms with E-state index in [0.717, 1.165) is 56.6 Å². The Bertz CT molecular complexity index is 2430. The van der Waals surface area contributed by atoms with E-state index >= 15 is 0 Å². The van der Waals surface area contributed by atoms with E-state index in [2.05, 4.69) is 85.7 Å². The maximum atomic E-state index is 11.6. The predicted octanol–water partition coefficient (Wildman–Crippen LogP) is 5.76. The third kappa shape index (κ3) is 10.5. The van der Waals surface area contributed by atoms with Crippen LogP contribution in [0.15, 0.2) is 124 Å². The zero-order valence-corrected chi connectivity index (χ0v) is 38.2. The first-order valence-corrected chi connectivity index (χ1v) is 23.2. The first-order chi connectivity index (χ1) is 26.9. The van der Waals surface area contributed by atoms with E-state index in [1.54, 1.807) is 23.9 Å². The standard InChI is InChI=1S/C44H50N2O8S3.Na/c1-43(2)35-13-5-7-15-37(35)45(27-9-11-29-56(49,50)51)39(43)25-21-31-17-18-32(41(31)55-34-23-19-33(20-24-34)42(47)48)22-26-40-44(3,4)36-14-6-8-16-38(36)46(40)28-10-12-30-57(52,53)54;/h5-8,13-16,19-26H,9-12,17-18,27-30H2,1-4H3,(H2-,47,48,49,50,51,52,53,54);/q;+1. The van der Waals surface area contributed by atoms with Crippen molar-refractivity contribution in [2.24, 2.45) is 0 Å². The van der Waals surface area contributed by atoms with Crippen LogP contribution in [0, 0.1) is 0 Å². The summed E-state index contributed by atoms with van der Waals surface area (Å²) < 4.78 is 68.4. The van der Waals surface area contributed by atoms with Crippen molar-refractivity contribution in [1.29, 1.82) is 0 Å². The summed E-state index contributed by atoms with van der Waals surface area (Å²) in [6.45, 7) is 9.91. The topological polar surface area (TPSA) is 155 Å². The van der Waals surface area contributed by atoms with Crippen molar-refractivity contribution in [3.8, 4) is 0 Å². The summed E-state index contributed by atoms with van der Waals surface area (Å²) >= 11 is 1.60. The van der Waals surface area contributed by atoms with Crippen molar-refractivity contribution in [2.75, 3.05) is 29.5 Å². The Hall–Kier alpha value is -3.27. The number of anilines is 1. The zero-order valence-electron chi connectivity index (χ0n) is 33.8. The van der Waals surface area contributed by atoms with E-state index in [0.29, 0.717) is 32.4 Å². The number of carboxylic acids is 1. The summed E-state index contributed by atoms with van der Waals surface area (Å²) in [4.78, 5) is 15.9. The van der Waals surface area contributed by atoms with Gasteiger partial charge in [0.05, 0.1) is 26.8 Å². The molecule has 3 aromatic carbocycles. The molecular formula is C44H50N2NaO8S3+. The molecule has 0 fully saturated rings. The number of nitrogens with zero attached hydrogens (tertiary/aromatic N) is 2. The smallest absolute Gasteiger partial charge is 0.748 e. The molecule has 0 bridgehead atoms. The normalized spacial score (nSPS) is 18.7. The monoisotopic (exact) mass is 853 g/mol. The van der Waals surface area contributed by atoms with Gasteiger partial charge < -0.3 is 14.6 Å². The maximum Gasteiger partial charge on any atom is 1.00 e. The number of thioether (sulfide) groups is 1. The Morgan fingerprint density at radius 1 is 0.828 bits per heavy atom. The van der Waals surface area contributed by atoms with Gasteiger partial charge in [-0.15, -0.1) is 0 Å². The number of hydrogen-bond donors (Lipinski definition) is 2. The predicted molar refractivity (Wildman–Crippen MR) is 226 cm³/mol. The largest absolute Gasteiger partial charge is 1.00 e.